The summed E-state index contributed by atoms with van der Waals surface area (Å²) in [6.45, 7) is 0. The molecule has 0 aliphatic carbocycles. The van der Waals surface area contributed by atoms with Crippen molar-refractivity contribution in [2.45, 2.75) is 0 Å². The van der Waals surface area contributed by atoms with Crippen molar-refractivity contribution in [3.8, 4) is 5.75 Å². The van der Waals surface area contributed by atoms with E-state index < -0.39 is 11.8 Å². The molecule has 4 rings (SSSR count). The molecule has 6 nitrogen and oxygen atoms in total. The Kier molecular flexibility index (Phi) is 5.45. The Bertz CT molecular complexity index is 1300. The number of carbonyl (C=O) groups is 3. The Labute approximate surface area is 178 Å². The van der Waals surface area contributed by atoms with Gasteiger partial charge in [-0.1, -0.05) is 72.8 Å². The number of aromatic hydroxyl groups is 1. The average Bonchev–Trinajstić information content (AvgIpc) is 2.82. The lowest BCUT2D eigenvalue weighted by Crippen LogP contribution is -2.42. The smallest absolute Gasteiger partial charge is 0.273 e. The maximum absolute atomic E-state index is 12.8. The molecule has 0 bridgehead atoms. The number of phenolic OH excluding ortho intramolecular Hbond substituents is 1. The van der Waals surface area contributed by atoms with Crippen molar-refractivity contribution < 1.29 is 19.5 Å². The first-order valence-electron chi connectivity index (χ1n) is 9.56. The molecule has 4 aromatic carbocycles. The van der Waals surface area contributed by atoms with Gasteiger partial charge in [-0.3, -0.25) is 25.2 Å². The van der Waals surface area contributed by atoms with Gasteiger partial charge >= 0.3 is 0 Å². The lowest BCUT2D eigenvalue weighted by Gasteiger charge is -2.12. The highest BCUT2D eigenvalue weighted by Crippen LogP contribution is 2.24. The van der Waals surface area contributed by atoms with E-state index in [2.05, 4.69) is 10.9 Å². The summed E-state index contributed by atoms with van der Waals surface area (Å²) in [7, 11) is 0. The van der Waals surface area contributed by atoms with Gasteiger partial charge in [-0.2, -0.15) is 0 Å². The van der Waals surface area contributed by atoms with Gasteiger partial charge in [-0.05, 0) is 29.0 Å². The van der Waals surface area contributed by atoms with E-state index in [9.17, 15) is 19.5 Å². The summed E-state index contributed by atoms with van der Waals surface area (Å²) < 4.78 is 0. The van der Waals surface area contributed by atoms with Crippen LogP contribution in [-0.4, -0.2) is 22.7 Å². The Hall–Kier alpha value is -4.45. The number of hydrogen-bond acceptors (Lipinski definition) is 4. The Balaban J connectivity index is 1.53. The number of phenols is 1. The van der Waals surface area contributed by atoms with Gasteiger partial charge in [0, 0.05) is 11.1 Å². The second kappa shape index (κ2) is 8.51. The molecule has 0 spiro atoms. The highest BCUT2D eigenvalue weighted by Gasteiger charge is 2.19. The van der Waals surface area contributed by atoms with Crippen LogP contribution in [0.3, 0.4) is 0 Å². The summed E-state index contributed by atoms with van der Waals surface area (Å²) in [5.41, 5.74) is 5.43. The largest absolute Gasteiger partial charge is 0.507 e. The topological polar surface area (TPSA) is 95.5 Å². The molecule has 0 heterocycles. The van der Waals surface area contributed by atoms with E-state index in [1.54, 1.807) is 54.6 Å². The van der Waals surface area contributed by atoms with Gasteiger partial charge in [-0.25, -0.2) is 0 Å². The van der Waals surface area contributed by atoms with Crippen LogP contribution in [0.5, 0.6) is 5.75 Å². The summed E-state index contributed by atoms with van der Waals surface area (Å²) >= 11 is 0. The number of carbonyl (C=O) groups excluding carboxylic acids is 3. The summed E-state index contributed by atoms with van der Waals surface area (Å²) in [6.07, 6.45) is 0. The van der Waals surface area contributed by atoms with Gasteiger partial charge in [0.25, 0.3) is 11.8 Å². The zero-order chi connectivity index (χ0) is 21.8. The standard InChI is InChI=1S/C25H18N2O4/c28-22-15-18-11-5-4-10-17(18)14-21(22)25(31)27-26-24(30)20-13-7-6-12-19(20)23(29)16-8-2-1-3-9-16/h1-15,28H,(H,26,30)(H,27,31). The van der Waals surface area contributed by atoms with Gasteiger partial charge < -0.3 is 5.11 Å². The minimum atomic E-state index is -0.677. The van der Waals surface area contributed by atoms with Crippen molar-refractivity contribution in [3.63, 3.8) is 0 Å². The fourth-order valence-electron chi connectivity index (χ4n) is 3.28. The number of amides is 2. The van der Waals surface area contributed by atoms with Gasteiger partial charge in [0.1, 0.15) is 5.75 Å². The van der Waals surface area contributed by atoms with Crippen LogP contribution in [0.1, 0.15) is 36.6 Å². The highest BCUT2D eigenvalue weighted by molar-refractivity contribution is 6.15. The van der Waals surface area contributed by atoms with E-state index in [1.165, 1.54) is 12.1 Å². The number of hydrazine groups is 1. The first kappa shape index (κ1) is 19.8. The summed E-state index contributed by atoms with van der Waals surface area (Å²) in [6, 6.07) is 25.3. The van der Waals surface area contributed by atoms with Crippen molar-refractivity contribution in [2.24, 2.45) is 0 Å². The minimum Gasteiger partial charge on any atom is -0.507 e. The molecule has 152 valence electrons. The third-order valence-corrected chi connectivity index (χ3v) is 4.85. The molecule has 0 radical (unpaired) electrons. The van der Waals surface area contributed by atoms with Crippen LogP contribution in [0, 0.1) is 0 Å². The Morgan fingerprint density at radius 1 is 0.581 bits per heavy atom. The molecule has 6 heteroatoms. The zero-order valence-corrected chi connectivity index (χ0v) is 16.3. The molecule has 0 unspecified atom stereocenters. The van der Waals surface area contributed by atoms with Crippen LogP contribution in [0.25, 0.3) is 10.8 Å². The monoisotopic (exact) mass is 410 g/mol. The molecule has 0 atom stereocenters. The maximum Gasteiger partial charge on any atom is 0.273 e. The summed E-state index contributed by atoms with van der Waals surface area (Å²) in [5.74, 6) is -1.83. The van der Waals surface area contributed by atoms with E-state index in [1.807, 2.05) is 24.3 Å². The highest BCUT2D eigenvalue weighted by atomic mass is 16.3. The van der Waals surface area contributed by atoms with Crippen LogP contribution in [0.2, 0.25) is 0 Å². The van der Waals surface area contributed by atoms with Gasteiger partial charge in [0.05, 0.1) is 11.1 Å². The zero-order valence-electron chi connectivity index (χ0n) is 16.3. The molecule has 3 N–H and O–H groups in total. The van der Waals surface area contributed by atoms with Crippen LogP contribution < -0.4 is 10.9 Å². The van der Waals surface area contributed by atoms with E-state index in [0.717, 1.165) is 10.8 Å². The summed E-state index contributed by atoms with van der Waals surface area (Å²) in [5, 5.41) is 11.7. The van der Waals surface area contributed by atoms with Gasteiger partial charge in [0.15, 0.2) is 5.78 Å². The van der Waals surface area contributed by atoms with Crippen molar-refractivity contribution in [1.82, 2.24) is 10.9 Å². The van der Waals surface area contributed by atoms with E-state index >= 15 is 0 Å². The average molecular weight is 410 g/mol. The fraction of sp³-hybridized carbons (Fsp3) is 0. The molecule has 0 saturated heterocycles. The predicted molar refractivity (Wildman–Crippen MR) is 117 cm³/mol. The molecular formula is C25H18N2O4. The van der Waals surface area contributed by atoms with Crippen molar-refractivity contribution in [3.05, 3.63) is 113 Å². The number of rotatable bonds is 4. The molecule has 0 aromatic heterocycles. The molecule has 0 saturated carbocycles. The van der Waals surface area contributed by atoms with Crippen LogP contribution in [0.4, 0.5) is 0 Å². The maximum atomic E-state index is 12.8. The molecule has 0 fully saturated rings. The van der Waals surface area contributed by atoms with Crippen molar-refractivity contribution in [2.75, 3.05) is 0 Å². The fourth-order valence-corrected chi connectivity index (χ4v) is 3.28. The van der Waals surface area contributed by atoms with Gasteiger partial charge in [0.2, 0.25) is 0 Å². The van der Waals surface area contributed by atoms with Crippen LogP contribution >= 0.6 is 0 Å². The third kappa shape index (κ3) is 4.13. The van der Waals surface area contributed by atoms with E-state index in [-0.39, 0.29) is 28.2 Å². The van der Waals surface area contributed by atoms with E-state index in [4.69, 9.17) is 0 Å². The first-order chi connectivity index (χ1) is 15.0. The van der Waals surface area contributed by atoms with Gasteiger partial charge in [-0.15, -0.1) is 0 Å². The Morgan fingerprint density at radius 3 is 1.77 bits per heavy atom. The van der Waals surface area contributed by atoms with Crippen molar-refractivity contribution in [1.29, 1.82) is 0 Å². The normalized spacial score (nSPS) is 10.5. The minimum absolute atomic E-state index is 0.0210. The molecular weight excluding hydrogens is 392 g/mol. The number of hydrogen-bond donors (Lipinski definition) is 3. The number of benzene rings is 4. The molecule has 0 aliphatic heterocycles. The quantitative estimate of drug-likeness (QED) is 0.352. The predicted octanol–water partition coefficient (Wildman–Crippen LogP) is 3.85. The number of nitrogens with one attached hydrogen (secondary N) is 2. The molecule has 31 heavy (non-hydrogen) atoms. The van der Waals surface area contributed by atoms with Crippen molar-refractivity contribution >= 4 is 28.4 Å². The number of ketones is 1. The second-order valence-corrected chi connectivity index (χ2v) is 6.87. The molecule has 4 aromatic rings. The van der Waals surface area contributed by atoms with Crippen LogP contribution in [0.15, 0.2) is 91.0 Å². The second-order valence-electron chi connectivity index (χ2n) is 6.87. The first-order valence-corrected chi connectivity index (χ1v) is 9.56. The van der Waals surface area contributed by atoms with Crippen LogP contribution in [-0.2, 0) is 0 Å². The molecule has 2 amide bonds. The summed E-state index contributed by atoms with van der Waals surface area (Å²) in [4.78, 5) is 38.0. The lowest BCUT2D eigenvalue weighted by molar-refractivity contribution is 0.0843. The number of fused-ring (bicyclic) bond motifs is 1. The SMILES string of the molecule is O=C(NNC(=O)c1ccccc1C(=O)c1ccccc1)c1cc2ccccc2cc1O. The molecule has 0 aliphatic rings. The third-order valence-electron chi connectivity index (χ3n) is 4.85. The lowest BCUT2D eigenvalue weighted by atomic mass is 9.98. The Morgan fingerprint density at radius 2 is 1.10 bits per heavy atom. The van der Waals surface area contributed by atoms with E-state index in [0.29, 0.717) is 5.56 Å².